The minimum atomic E-state index is -0.428. The molecule has 2 atom stereocenters. The van der Waals surface area contributed by atoms with Gasteiger partial charge in [-0.2, -0.15) is 0 Å². The summed E-state index contributed by atoms with van der Waals surface area (Å²) in [5, 5.41) is 10.7. The molecule has 0 heterocycles. The first-order valence-electron chi connectivity index (χ1n) is 6.59. The van der Waals surface area contributed by atoms with E-state index in [2.05, 4.69) is 13.8 Å². The normalized spacial score (nSPS) is 14.6. The summed E-state index contributed by atoms with van der Waals surface area (Å²) in [6.45, 7) is 6.28. The minimum Gasteiger partial charge on any atom is -0.488 e. The van der Waals surface area contributed by atoms with Gasteiger partial charge in [-0.25, -0.2) is 0 Å². The molecule has 1 aromatic rings. The number of ether oxygens (including phenoxy) is 1. The molecular formula is C15H23ClO2. The molecular weight excluding hydrogens is 248 g/mol. The van der Waals surface area contributed by atoms with Gasteiger partial charge >= 0.3 is 0 Å². The molecule has 2 unspecified atom stereocenters. The molecule has 0 aliphatic rings. The van der Waals surface area contributed by atoms with E-state index in [0.717, 1.165) is 19.3 Å². The highest BCUT2D eigenvalue weighted by Crippen LogP contribution is 2.20. The second-order valence-corrected chi connectivity index (χ2v) is 5.61. The molecule has 0 spiro atoms. The molecule has 3 heteroatoms. The maximum absolute atomic E-state index is 10.0. The van der Waals surface area contributed by atoms with Crippen molar-refractivity contribution in [2.75, 3.05) is 0 Å². The van der Waals surface area contributed by atoms with Crippen LogP contribution in [0.4, 0.5) is 0 Å². The molecule has 1 N–H and O–H groups in total. The molecule has 102 valence electrons. The van der Waals surface area contributed by atoms with Crippen molar-refractivity contribution in [1.29, 1.82) is 0 Å². The van der Waals surface area contributed by atoms with E-state index in [1.165, 1.54) is 0 Å². The second-order valence-electron chi connectivity index (χ2n) is 5.17. The Morgan fingerprint density at radius 2 is 1.94 bits per heavy atom. The summed E-state index contributed by atoms with van der Waals surface area (Å²) >= 11 is 5.88. The zero-order chi connectivity index (χ0) is 13.5. The summed E-state index contributed by atoms with van der Waals surface area (Å²) in [4.78, 5) is 0. The lowest BCUT2D eigenvalue weighted by molar-refractivity contribution is 0.0395. The van der Waals surface area contributed by atoms with Gasteiger partial charge in [0.05, 0.1) is 6.10 Å². The van der Waals surface area contributed by atoms with Gasteiger partial charge < -0.3 is 9.84 Å². The Hall–Kier alpha value is -0.730. The van der Waals surface area contributed by atoms with E-state index in [-0.39, 0.29) is 6.10 Å². The number of halogens is 1. The minimum absolute atomic E-state index is 0.212. The summed E-state index contributed by atoms with van der Waals surface area (Å²) in [6, 6.07) is 7.26. The van der Waals surface area contributed by atoms with Crippen LogP contribution in [0.3, 0.4) is 0 Å². The molecule has 2 nitrogen and oxygen atoms in total. The molecule has 0 aromatic heterocycles. The van der Waals surface area contributed by atoms with Crippen LogP contribution in [0.1, 0.15) is 40.0 Å². The molecule has 0 aliphatic heterocycles. The predicted molar refractivity (Wildman–Crippen MR) is 76.2 cm³/mol. The Morgan fingerprint density at radius 1 is 1.22 bits per heavy atom. The Bertz CT molecular complexity index is 352. The zero-order valence-corrected chi connectivity index (χ0v) is 12.2. The maximum atomic E-state index is 10.0. The van der Waals surface area contributed by atoms with Crippen molar-refractivity contribution in [2.45, 2.75) is 52.2 Å². The number of hydrogen-bond acceptors (Lipinski definition) is 2. The van der Waals surface area contributed by atoms with Gasteiger partial charge in [-0.15, -0.1) is 0 Å². The number of aliphatic hydroxyl groups excluding tert-OH is 1. The number of rotatable bonds is 7. The molecule has 0 fully saturated rings. The van der Waals surface area contributed by atoms with E-state index < -0.39 is 6.10 Å². The van der Waals surface area contributed by atoms with Crippen LogP contribution in [-0.2, 0) is 0 Å². The zero-order valence-electron chi connectivity index (χ0n) is 11.4. The number of benzene rings is 1. The summed E-state index contributed by atoms with van der Waals surface area (Å²) < 4.78 is 5.68. The fourth-order valence-corrected chi connectivity index (χ4v) is 1.98. The average molecular weight is 271 g/mol. The SMILES string of the molecule is CC(C)CCCC(O)C(C)Oc1cccc(Cl)c1. The molecule has 1 aromatic carbocycles. The van der Waals surface area contributed by atoms with Crippen molar-refractivity contribution < 1.29 is 9.84 Å². The third kappa shape index (κ3) is 5.74. The predicted octanol–water partition coefficient (Wildman–Crippen LogP) is 4.29. The first-order chi connectivity index (χ1) is 8.49. The first-order valence-corrected chi connectivity index (χ1v) is 6.97. The lowest BCUT2D eigenvalue weighted by Gasteiger charge is -2.21. The second kappa shape index (κ2) is 7.65. The molecule has 1 rings (SSSR count). The fraction of sp³-hybridized carbons (Fsp3) is 0.600. The monoisotopic (exact) mass is 270 g/mol. The average Bonchev–Trinajstić information content (AvgIpc) is 2.28. The van der Waals surface area contributed by atoms with Gasteiger partial charge in [-0.3, -0.25) is 0 Å². The van der Waals surface area contributed by atoms with Crippen molar-refractivity contribution in [2.24, 2.45) is 5.92 Å². The van der Waals surface area contributed by atoms with Crippen LogP contribution >= 0.6 is 11.6 Å². The lowest BCUT2D eigenvalue weighted by Crippen LogP contribution is -2.28. The smallest absolute Gasteiger partial charge is 0.122 e. The van der Waals surface area contributed by atoms with E-state index in [4.69, 9.17) is 16.3 Å². The summed E-state index contributed by atoms with van der Waals surface area (Å²) in [6.07, 6.45) is 2.31. The summed E-state index contributed by atoms with van der Waals surface area (Å²) in [5.74, 6) is 1.39. The largest absolute Gasteiger partial charge is 0.488 e. The Labute approximate surface area is 115 Å². The van der Waals surface area contributed by atoms with Crippen LogP contribution in [0.25, 0.3) is 0 Å². The highest BCUT2D eigenvalue weighted by atomic mass is 35.5. The van der Waals surface area contributed by atoms with Gasteiger partial charge in [-0.05, 0) is 37.5 Å². The van der Waals surface area contributed by atoms with Crippen molar-refractivity contribution >= 4 is 11.6 Å². The molecule has 0 amide bonds. The standard InChI is InChI=1S/C15H23ClO2/c1-11(2)6-4-9-15(17)12(3)18-14-8-5-7-13(16)10-14/h5,7-8,10-12,15,17H,4,6,9H2,1-3H3. The summed E-state index contributed by atoms with van der Waals surface area (Å²) in [7, 11) is 0. The highest BCUT2D eigenvalue weighted by Gasteiger charge is 2.15. The lowest BCUT2D eigenvalue weighted by atomic mass is 10.0. The van der Waals surface area contributed by atoms with Gasteiger partial charge in [0.2, 0.25) is 0 Å². The van der Waals surface area contributed by atoms with Gasteiger partial charge in [0.25, 0.3) is 0 Å². The Morgan fingerprint density at radius 3 is 2.56 bits per heavy atom. The van der Waals surface area contributed by atoms with Gasteiger partial charge in [0.1, 0.15) is 11.9 Å². The van der Waals surface area contributed by atoms with Crippen LogP contribution in [0.2, 0.25) is 5.02 Å². The maximum Gasteiger partial charge on any atom is 0.122 e. The van der Waals surface area contributed by atoms with Gasteiger partial charge in [-0.1, -0.05) is 44.4 Å². The molecule has 0 radical (unpaired) electrons. The Balaban J connectivity index is 2.37. The van der Waals surface area contributed by atoms with Crippen LogP contribution in [0, 0.1) is 5.92 Å². The molecule has 0 aliphatic carbocycles. The highest BCUT2D eigenvalue weighted by molar-refractivity contribution is 6.30. The van der Waals surface area contributed by atoms with Crippen molar-refractivity contribution in [3.8, 4) is 5.75 Å². The third-order valence-corrected chi connectivity index (χ3v) is 3.18. The van der Waals surface area contributed by atoms with Crippen LogP contribution < -0.4 is 4.74 Å². The van der Waals surface area contributed by atoms with Crippen LogP contribution in [0.15, 0.2) is 24.3 Å². The first kappa shape index (κ1) is 15.3. The molecule has 0 bridgehead atoms. The van der Waals surface area contributed by atoms with Crippen LogP contribution in [-0.4, -0.2) is 17.3 Å². The van der Waals surface area contributed by atoms with Crippen molar-refractivity contribution in [3.63, 3.8) is 0 Å². The number of aliphatic hydroxyl groups is 1. The molecule has 0 saturated heterocycles. The Kier molecular flexibility index (Phi) is 6.51. The summed E-state index contributed by atoms with van der Waals surface area (Å²) in [5.41, 5.74) is 0. The van der Waals surface area contributed by atoms with Gasteiger partial charge in [0.15, 0.2) is 0 Å². The van der Waals surface area contributed by atoms with Crippen molar-refractivity contribution in [1.82, 2.24) is 0 Å². The van der Waals surface area contributed by atoms with E-state index in [1.807, 2.05) is 19.1 Å². The quantitative estimate of drug-likeness (QED) is 0.801. The van der Waals surface area contributed by atoms with E-state index in [0.29, 0.717) is 16.7 Å². The molecule has 0 saturated carbocycles. The molecule has 18 heavy (non-hydrogen) atoms. The topological polar surface area (TPSA) is 29.5 Å². The van der Waals surface area contributed by atoms with E-state index in [9.17, 15) is 5.11 Å². The fourth-order valence-electron chi connectivity index (χ4n) is 1.80. The van der Waals surface area contributed by atoms with E-state index >= 15 is 0 Å². The van der Waals surface area contributed by atoms with Gasteiger partial charge in [0, 0.05) is 5.02 Å². The van der Waals surface area contributed by atoms with E-state index in [1.54, 1.807) is 12.1 Å². The van der Waals surface area contributed by atoms with Crippen LogP contribution in [0.5, 0.6) is 5.75 Å². The third-order valence-electron chi connectivity index (χ3n) is 2.94. The van der Waals surface area contributed by atoms with Crippen molar-refractivity contribution in [3.05, 3.63) is 29.3 Å². The number of hydrogen-bond donors (Lipinski definition) is 1.